The molecule has 10 nitrogen and oxygen atoms in total. The number of halogens is 1. The van der Waals surface area contributed by atoms with Crippen molar-refractivity contribution in [3.8, 4) is 5.75 Å². The Balaban J connectivity index is 2.59. The van der Waals surface area contributed by atoms with Crippen LogP contribution >= 0.6 is 15.9 Å². The van der Waals surface area contributed by atoms with E-state index in [2.05, 4.69) is 15.9 Å². The third-order valence-corrected chi connectivity index (χ3v) is 5.54. The normalized spacial score (nSPS) is 26.2. The van der Waals surface area contributed by atoms with E-state index >= 15 is 0 Å². The molecule has 0 radical (unpaired) electrons. The molecule has 1 saturated heterocycles. The second kappa shape index (κ2) is 11.7. The lowest BCUT2D eigenvalue weighted by molar-refractivity contribution is -0.321. The highest BCUT2D eigenvalue weighted by Gasteiger charge is 2.61. The molecular formula is C23H29BrO10. The first-order valence-electron chi connectivity index (χ1n) is 10.6. The van der Waals surface area contributed by atoms with Gasteiger partial charge in [-0.05, 0) is 37.1 Å². The first-order chi connectivity index (χ1) is 15.9. The van der Waals surface area contributed by atoms with Crippen LogP contribution in [0.1, 0.15) is 47.1 Å². The summed E-state index contributed by atoms with van der Waals surface area (Å²) in [6.07, 6.45) is -4.39. The number of carbonyl (C=O) groups excluding carboxylic acids is 4. The van der Waals surface area contributed by atoms with Crippen LogP contribution < -0.4 is 4.74 Å². The largest absolute Gasteiger partial charge is 0.463 e. The molecule has 2 rings (SSSR count). The summed E-state index contributed by atoms with van der Waals surface area (Å²) < 4.78 is 34.6. The molecule has 34 heavy (non-hydrogen) atoms. The summed E-state index contributed by atoms with van der Waals surface area (Å²) in [5.41, 5.74) is -0.909. The lowest BCUT2D eigenvalue weighted by atomic mass is 9.87. The van der Waals surface area contributed by atoms with Crippen LogP contribution in [0.4, 0.5) is 0 Å². The topological polar surface area (TPSA) is 124 Å². The van der Waals surface area contributed by atoms with Crippen molar-refractivity contribution in [3.05, 3.63) is 28.2 Å². The van der Waals surface area contributed by atoms with Crippen LogP contribution in [0.5, 0.6) is 5.75 Å². The van der Waals surface area contributed by atoms with Crippen molar-refractivity contribution in [1.29, 1.82) is 0 Å². The molecule has 0 amide bonds. The quantitative estimate of drug-likeness (QED) is 0.356. The van der Waals surface area contributed by atoms with Crippen molar-refractivity contribution in [2.45, 2.75) is 78.2 Å². The summed E-state index contributed by atoms with van der Waals surface area (Å²) in [7, 11) is 0. The molecule has 0 aliphatic carbocycles. The van der Waals surface area contributed by atoms with E-state index in [0.29, 0.717) is 12.2 Å². The van der Waals surface area contributed by atoms with Gasteiger partial charge in [-0.3, -0.25) is 19.2 Å². The zero-order valence-electron chi connectivity index (χ0n) is 19.9. The summed E-state index contributed by atoms with van der Waals surface area (Å²) in [4.78, 5) is 47.4. The average Bonchev–Trinajstić information content (AvgIpc) is 2.71. The van der Waals surface area contributed by atoms with Gasteiger partial charge < -0.3 is 28.4 Å². The van der Waals surface area contributed by atoms with Crippen LogP contribution in [0.15, 0.2) is 22.7 Å². The van der Waals surface area contributed by atoms with Crippen molar-refractivity contribution >= 4 is 39.8 Å². The van der Waals surface area contributed by atoms with E-state index in [4.69, 9.17) is 28.4 Å². The standard InChI is InChI=1S/C23H29BrO10/c1-7-16-10-17(24)8-9-18(16)32-22-23(6,34-15(5)28)21(31-14(4)27)20(30-13(3)26)19(33-22)11-29-12(2)25/h8-10,19-22H,7,11H2,1-6H3/t19-,20-,21+,22+,23+/m1/s1. The Morgan fingerprint density at radius 3 is 2.18 bits per heavy atom. The van der Waals surface area contributed by atoms with Gasteiger partial charge in [-0.15, -0.1) is 0 Å². The number of carbonyl (C=O) groups is 4. The fourth-order valence-corrected chi connectivity index (χ4v) is 4.08. The van der Waals surface area contributed by atoms with Crippen molar-refractivity contribution in [2.24, 2.45) is 0 Å². The summed E-state index contributed by atoms with van der Waals surface area (Å²) >= 11 is 3.42. The molecule has 11 heteroatoms. The van der Waals surface area contributed by atoms with E-state index in [1.54, 1.807) is 12.1 Å². The maximum absolute atomic E-state index is 12.1. The minimum Gasteiger partial charge on any atom is -0.463 e. The van der Waals surface area contributed by atoms with Gasteiger partial charge in [0.15, 0.2) is 12.2 Å². The first-order valence-corrected chi connectivity index (χ1v) is 11.4. The van der Waals surface area contributed by atoms with Crippen LogP contribution in [0.3, 0.4) is 0 Å². The van der Waals surface area contributed by atoms with Crippen molar-refractivity contribution in [3.63, 3.8) is 0 Å². The maximum atomic E-state index is 12.1. The number of benzene rings is 1. The third-order valence-electron chi connectivity index (χ3n) is 5.04. The average molecular weight is 545 g/mol. The SMILES string of the molecule is CCc1cc(Br)ccc1O[C@H]1O[C@H](COC(C)=O)[C@@H](OC(C)=O)[C@H](OC(C)=O)[C@]1(C)OC(C)=O. The van der Waals surface area contributed by atoms with Gasteiger partial charge in [-0.2, -0.15) is 0 Å². The lowest BCUT2D eigenvalue weighted by Gasteiger charge is -2.49. The van der Waals surface area contributed by atoms with Crippen molar-refractivity contribution < 1.29 is 47.6 Å². The predicted octanol–water partition coefficient (Wildman–Crippen LogP) is 2.86. The van der Waals surface area contributed by atoms with Gasteiger partial charge in [0.1, 0.15) is 18.5 Å². The van der Waals surface area contributed by atoms with Crippen molar-refractivity contribution in [1.82, 2.24) is 0 Å². The molecule has 0 saturated carbocycles. The highest BCUT2D eigenvalue weighted by molar-refractivity contribution is 9.10. The zero-order valence-corrected chi connectivity index (χ0v) is 21.5. The Morgan fingerprint density at radius 1 is 1.00 bits per heavy atom. The van der Waals surface area contributed by atoms with E-state index < -0.39 is 54.1 Å². The Bertz CT molecular complexity index is 932. The molecule has 0 N–H and O–H groups in total. The predicted molar refractivity (Wildman–Crippen MR) is 121 cm³/mol. The van der Waals surface area contributed by atoms with Crippen LogP contribution in [-0.4, -0.2) is 60.7 Å². The van der Waals surface area contributed by atoms with Gasteiger partial charge in [-0.1, -0.05) is 22.9 Å². The molecular weight excluding hydrogens is 516 g/mol. The van der Waals surface area contributed by atoms with Gasteiger partial charge in [0.2, 0.25) is 11.9 Å². The van der Waals surface area contributed by atoms with Crippen LogP contribution in [0.2, 0.25) is 0 Å². The van der Waals surface area contributed by atoms with Crippen LogP contribution in [0, 0.1) is 0 Å². The van der Waals surface area contributed by atoms with E-state index in [-0.39, 0.29) is 6.61 Å². The lowest BCUT2D eigenvalue weighted by Crippen LogP contribution is -2.70. The molecule has 0 spiro atoms. The van der Waals surface area contributed by atoms with Gasteiger partial charge in [0.25, 0.3) is 0 Å². The fraction of sp³-hybridized carbons (Fsp3) is 0.565. The molecule has 0 bridgehead atoms. The van der Waals surface area contributed by atoms with Gasteiger partial charge in [0.05, 0.1) is 0 Å². The van der Waals surface area contributed by atoms with Crippen molar-refractivity contribution in [2.75, 3.05) is 6.61 Å². The Hall–Kier alpha value is -2.66. The summed E-state index contributed by atoms with van der Waals surface area (Å²) in [6.45, 7) is 7.76. The minimum absolute atomic E-state index is 0.331. The summed E-state index contributed by atoms with van der Waals surface area (Å²) in [6, 6.07) is 5.34. The van der Waals surface area contributed by atoms with Crippen LogP contribution in [0.25, 0.3) is 0 Å². The number of esters is 4. The smallest absolute Gasteiger partial charge is 0.303 e. The molecule has 1 aliphatic heterocycles. The van der Waals surface area contributed by atoms with Crippen LogP contribution in [-0.2, 0) is 49.3 Å². The van der Waals surface area contributed by atoms with E-state index in [0.717, 1.165) is 23.9 Å². The molecule has 1 aliphatic rings. The molecule has 1 aromatic rings. The molecule has 1 heterocycles. The molecule has 1 aromatic carbocycles. The second-order valence-corrected chi connectivity index (χ2v) is 8.83. The first kappa shape index (κ1) is 27.6. The maximum Gasteiger partial charge on any atom is 0.303 e. The number of hydrogen-bond donors (Lipinski definition) is 0. The monoisotopic (exact) mass is 544 g/mol. The number of ether oxygens (including phenoxy) is 6. The molecule has 0 unspecified atom stereocenters. The molecule has 1 fully saturated rings. The highest BCUT2D eigenvalue weighted by Crippen LogP contribution is 2.39. The molecule has 188 valence electrons. The van der Waals surface area contributed by atoms with E-state index in [1.165, 1.54) is 20.8 Å². The Morgan fingerprint density at radius 2 is 1.65 bits per heavy atom. The number of rotatable bonds is 8. The third kappa shape index (κ3) is 6.92. The fourth-order valence-electron chi connectivity index (χ4n) is 3.67. The van der Waals surface area contributed by atoms with E-state index in [9.17, 15) is 19.2 Å². The number of hydrogen-bond acceptors (Lipinski definition) is 10. The van der Waals surface area contributed by atoms with Gasteiger partial charge >= 0.3 is 23.9 Å². The Kier molecular flexibility index (Phi) is 9.45. The Labute approximate surface area is 206 Å². The van der Waals surface area contributed by atoms with Gasteiger partial charge in [-0.25, -0.2) is 0 Å². The number of aryl methyl sites for hydroxylation is 1. The second-order valence-electron chi connectivity index (χ2n) is 7.91. The van der Waals surface area contributed by atoms with E-state index in [1.807, 2.05) is 13.0 Å². The summed E-state index contributed by atoms with van der Waals surface area (Å²) in [5.74, 6) is -2.29. The van der Waals surface area contributed by atoms with Gasteiger partial charge in [0, 0.05) is 32.2 Å². The zero-order chi connectivity index (χ0) is 25.6. The highest BCUT2D eigenvalue weighted by atomic mass is 79.9. The molecule has 5 atom stereocenters. The minimum atomic E-state index is -1.73. The molecule has 0 aromatic heterocycles. The summed E-state index contributed by atoms with van der Waals surface area (Å²) in [5, 5.41) is 0.